The van der Waals surface area contributed by atoms with Gasteiger partial charge in [-0.25, -0.2) is 4.68 Å². The van der Waals surface area contributed by atoms with Crippen molar-refractivity contribution in [3.8, 4) is 0 Å². The zero-order valence-corrected chi connectivity index (χ0v) is 14.2. The van der Waals surface area contributed by atoms with Crippen LogP contribution in [0, 0.1) is 0 Å². The van der Waals surface area contributed by atoms with E-state index in [2.05, 4.69) is 41.5 Å². The van der Waals surface area contributed by atoms with Crippen LogP contribution in [0.25, 0.3) is 10.8 Å². The van der Waals surface area contributed by atoms with Crippen LogP contribution in [0.4, 0.5) is 5.82 Å². The fraction of sp³-hybridized carbons (Fsp3) is 0.263. The van der Waals surface area contributed by atoms with Crippen molar-refractivity contribution in [2.24, 2.45) is 7.05 Å². The van der Waals surface area contributed by atoms with Gasteiger partial charge in [0.1, 0.15) is 0 Å². The van der Waals surface area contributed by atoms with Crippen LogP contribution in [0.5, 0.6) is 0 Å². The molecule has 0 aliphatic rings. The number of nitrogens with one attached hydrogen (secondary N) is 1. The molecule has 0 aliphatic carbocycles. The molecule has 0 radical (unpaired) electrons. The smallest absolute Gasteiger partial charge is 0.274 e. The number of aromatic nitrogens is 2. The van der Waals surface area contributed by atoms with Crippen LogP contribution in [0.1, 0.15) is 11.6 Å². The van der Waals surface area contributed by atoms with E-state index >= 15 is 0 Å². The van der Waals surface area contributed by atoms with Gasteiger partial charge in [0.05, 0.1) is 11.4 Å². The summed E-state index contributed by atoms with van der Waals surface area (Å²) in [6.45, 7) is 0.701. The number of anilines is 1. The van der Waals surface area contributed by atoms with Crippen LogP contribution in [0.15, 0.2) is 59.4 Å². The highest BCUT2D eigenvalue weighted by atomic mass is 16.1. The molecule has 1 heterocycles. The Balaban J connectivity index is 1.92. The van der Waals surface area contributed by atoms with Gasteiger partial charge >= 0.3 is 0 Å². The van der Waals surface area contributed by atoms with E-state index in [0.29, 0.717) is 11.9 Å². The Morgan fingerprint density at radius 1 is 1.04 bits per heavy atom. The van der Waals surface area contributed by atoms with Gasteiger partial charge in [-0.1, -0.05) is 48.5 Å². The van der Waals surface area contributed by atoms with E-state index in [1.54, 1.807) is 7.05 Å². The fourth-order valence-corrected chi connectivity index (χ4v) is 2.90. The van der Waals surface area contributed by atoms with E-state index in [1.165, 1.54) is 10.2 Å². The minimum absolute atomic E-state index is 0.0802. The average molecular weight is 322 g/mol. The van der Waals surface area contributed by atoms with E-state index < -0.39 is 0 Å². The molecule has 124 valence electrons. The van der Waals surface area contributed by atoms with Crippen molar-refractivity contribution in [1.29, 1.82) is 0 Å². The zero-order valence-electron chi connectivity index (χ0n) is 14.2. The normalized spacial score (nSPS) is 12.5. The molecule has 5 heteroatoms. The standard InChI is InChI=1S/C19H22N4O/c1-22(2)17(14-9-5-4-6-10-14)13-20-18-15-11-7-8-12-16(15)19(24)23(3)21-18/h4-12,17H,13H2,1-3H3,(H,20,21). The minimum atomic E-state index is -0.0802. The lowest BCUT2D eigenvalue weighted by molar-refractivity contribution is 0.311. The molecule has 0 aliphatic heterocycles. The molecule has 3 rings (SSSR count). The largest absolute Gasteiger partial charge is 0.366 e. The summed E-state index contributed by atoms with van der Waals surface area (Å²) in [5.41, 5.74) is 1.16. The van der Waals surface area contributed by atoms with Gasteiger partial charge < -0.3 is 10.2 Å². The molecule has 0 amide bonds. The first-order valence-electron chi connectivity index (χ1n) is 7.99. The lowest BCUT2D eigenvalue weighted by Gasteiger charge is -2.25. The van der Waals surface area contributed by atoms with E-state index in [-0.39, 0.29) is 11.6 Å². The zero-order chi connectivity index (χ0) is 17.1. The highest BCUT2D eigenvalue weighted by Crippen LogP contribution is 2.21. The van der Waals surface area contributed by atoms with E-state index in [1.807, 2.05) is 42.5 Å². The second-order valence-electron chi connectivity index (χ2n) is 6.09. The lowest BCUT2D eigenvalue weighted by Crippen LogP contribution is -2.28. The van der Waals surface area contributed by atoms with Gasteiger partial charge in [-0.15, -0.1) is 0 Å². The van der Waals surface area contributed by atoms with Crippen LogP contribution in [0.2, 0.25) is 0 Å². The number of rotatable bonds is 5. The summed E-state index contributed by atoms with van der Waals surface area (Å²) in [5, 5.41) is 9.36. The minimum Gasteiger partial charge on any atom is -0.366 e. The van der Waals surface area contributed by atoms with Crippen molar-refractivity contribution in [3.63, 3.8) is 0 Å². The average Bonchev–Trinajstić information content (AvgIpc) is 2.60. The summed E-state index contributed by atoms with van der Waals surface area (Å²) >= 11 is 0. The van der Waals surface area contributed by atoms with Crippen LogP contribution >= 0.6 is 0 Å². The van der Waals surface area contributed by atoms with Gasteiger partial charge in [-0.2, -0.15) is 5.10 Å². The first kappa shape index (κ1) is 16.2. The number of nitrogens with zero attached hydrogens (tertiary/aromatic N) is 3. The summed E-state index contributed by atoms with van der Waals surface area (Å²) in [6, 6.07) is 18.1. The number of hydrogen-bond donors (Lipinski definition) is 1. The molecule has 2 aromatic carbocycles. The molecule has 1 aromatic heterocycles. The molecule has 0 fully saturated rings. The topological polar surface area (TPSA) is 50.2 Å². The molecule has 5 nitrogen and oxygen atoms in total. The van der Waals surface area contributed by atoms with Crippen LogP contribution < -0.4 is 10.9 Å². The Kier molecular flexibility index (Phi) is 4.62. The quantitative estimate of drug-likeness (QED) is 0.784. The van der Waals surface area contributed by atoms with Crippen molar-refractivity contribution in [2.75, 3.05) is 26.0 Å². The number of likely N-dealkylation sites (N-methyl/N-ethyl adjacent to an activating group) is 1. The Morgan fingerprint density at radius 3 is 2.33 bits per heavy atom. The molecule has 3 aromatic rings. The van der Waals surface area contributed by atoms with Gasteiger partial charge in [0.25, 0.3) is 5.56 Å². The van der Waals surface area contributed by atoms with E-state index in [4.69, 9.17) is 0 Å². The summed E-state index contributed by atoms with van der Waals surface area (Å²) in [5.74, 6) is 0.732. The van der Waals surface area contributed by atoms with Gasteiger partial charge in [-0.05, 0) is 25.7 Å². The Hall–Kier alpha value is -2.66. The second kappa shape index (κ2) is 6.84. The van der Waals surface area contributed by atoms with E-state index in [9.17, 15) is 4.79 Å². The second-order valence-corrected chi connectivity index (χ2v) is 6.09. The van der Waals surface area contributed by atoms with Crippen LogP contribution in [-0.2, 0) is 7.05 Å². The number of aryl methyl sites for hydroxylation is 1. The lowest BCUT2D eigenvalue weighted by atomic mass is 10.1. The number of fused-ring (bicyclic) bond motifs is 1. The van der Waals surface area contributed by atoms with Crippen molar-refractivity contribution >= 4 is 16.6 Å². The Bertz CT molecular complexity index is 887. The fourth-order valence-electron chi connectivity index (χ4n) is 2.90. The maximum Gasteiger partial charge on any atom is 0.274 e. The molecule has 1 N–H and O–H groups in total. The molecule has 0 spiro atoms. The highest BCUT2D eigenvalue weighted by Gasteiger charge is 2.15. The van der Waals surface area contributed by atoms with Gasteiger partial charge in [0.2, 0.25) is 0 Å². The Morgan fingerprint density at radius 2 is 1.67 bits per heavy atom. The predicted molar refractivity (Wildman–Crippen MR) is 98.3 cm³/mol. The first-order chi connectivity index (χ1) is 11.6. The molecule has 0 saturated carbocycles. The highest BCUT2D eigenvalue weighted by molar-refractivity contribution is 5.90. The van der Waals surface area contributed by atoms with Crippen molar-refractivity contribution in [1.82, 2.24) is 14.7 Å². The third-order valence-corrected chi connectivity index (χ3v) is 4.23. The van der Waals surface area contributed by atoms with Gasteiger partial charge in [-0.3, -0.25) is 4.79 Å². The molecular weight excluding hydrogens is 300 g/mol. The van der Waals surface area contributed by atoms with Gasteiger partial charge in [0.15, 0.2) is 5.82 Å². The van der Waals surface area contributed by atoms with E-state index in [0.717, 1.165) is 11.2 Å². The summed E-state index contributed by atoms with van der Waals surface area (Å²) < 4.78 is 1.39. The maximum atomic E-state index is 12.2. The molecule has 0 bridgehead atoms. The van der Waals surface area contributed by atoms with Crippen molar-refractivity contribution < 1.29 is 0 Å². The first-order valence-corrected chi connectivity index (χ1v) is 7.99. The molecule has 0 saturated heterocycles. The van der Waals surface area contributed by atoms with Gasteiger partial charge in [0, 0.05) is 19.0 Å². The summed E-state index contributed by atoms with van der Waals surface area (Å²) in [6.07, 6.45) is 0. The Labute approximate surface area is 141 Å². The molecular formula is C19H22N4O. The van der Waals surface area contributed by atoms with Crippen molar-refractivity contribution in [2.45, 2.75) is 6.04 Å². The summed E-state index contributed by atoms with van der Waals surface area (Å²) in [4.78, 5) is 14.4. The third-order valence-electron chi connectivity index (χ3n) is 4.23. The van der Waals surface area contributed by atoms with Crippen molar-refractivity contribution in [3.05, 3.63) is 70.5 Å². The molecule has 1 atom stereocenters. The number of hydrogen-bond acceptors (Lipinski definition) is 4. The van der Waals surface area contributed by atoms with Crippen LogP contribution in [0.3, 0.4) is 0 Å². The maximum absolute atomic E-state index is 12.2. The number of benzene rings is 2. The van der Waals surface area contributed by atoms with Crippen LogP contribution in [-0.4, -0.2) is 35.3 Å². The SMILES string of the molecule is CN(C)C(CNc1nn(C)c(=O)c2ccccc12)c1ccccc1. The monoisotopic (exact) mass is 322 g/mol. The molecule has 1 unspecified atom stereocenters. The summed E-state index contributed by atoms with van der Waals surface area (Å²) in [7, 11) is 5.80. The third kappa shape index (κ3) is 3.16. The molecule has 24 heavy (non-hydrogen) atoms. The predicted octanol–water partition coefficient (Wildman–Crippen LogP) is 2.65.